The number of fused-ring (bicyclic) bond motifs is 1. The Labute approximate surface area is 172 Å². The summed E-state index contributed by atoms with van der Waals surface area (Å²) < 4.78 is 42.2. The number of aromatic nitrogens is 1. The van der Waals surface area contributed by atoms with Crippen LogP contribution in [0.5, 0.6) is 0 Å². The Kier molecular flexibility index (Phi) is 4.97. The van der Waals surface area contributed by atoms with Gasteiger partial charge in [0, 0.05) is 42.2 Å². The quantitative estimate of drug-likeness (QED) is 0.589. The van der Waals surface area contributed by atoms with E-state index in [4.69, 9.17) is 0 Å². The van der Waals surface area contributed by atoms with Gasteiger partial charge in [-0.15, -0.1) is 0 Å². The molecule has 1 aromatic heterocycles. The fourth-order valence-electron chi connectivity index (χ4n) is 3.52. The number of hydrogen-bond acceptors (Lipinski definition) is 4. The highest BCUT2D eigenvalue weighted by Crippen LogP contribution is 2.36. The fourth-order valence-corrected chi connectivity index (χ4v) is 5.22. The first-order chi connectivity index (χ1) is 13.3. The van der Waals surface area contributed by atoms with Crippen molar-refractivity contribution in [1.82, 2.24) is 8.87 Å². The van der Waals surface area contributed by atoms with Gasteiger partial charge in [-0.3, -0.25) is 0 Å². The maximum absolute atomic E-state index is 13.3. The molecule has 0 aliphatic carbocycles. The van der Waals surface area contributed by atoms with Crippen LogP contribution in [-0.2, 0) is 10.0 Å². The van der Waals surface area contributed by atoms with Crippen LogP contribution >= 0.6 is 15.9 Å². The average molecular weight is 466 g/mol. The van der Waals surface area contributed by atoms with Crippen LogP contribution in [0.3, 0.4) is 0 Å². The molecule has 3 aromatic rings. The van der Waals surface area contributed by atoms with Gasteiger partial charge in [0.25, 0.3) is 10.0 Å². The van der Waals surface area contributed by atoms with Crippen LogP contribution in [-0.4, -0.2) is 50.5 Å². The second-order valence-corrected chi connectivity index (χ2v) is 9.85. The molecule has 148 valence electrons. The van der Waals surface area contributed by atoms with E-state index in [1.54, 1.807) is 6.20 Å². The van der Waals surface area contributed by atoms with Crippen LogP contribution in [0.2, 0.25) is 0 Å². The molecule has 2 aromatic carbocycles. The zero-order valence-electron chi connectivity index (χ0n) is 15.7. The molecule has 5 nitrogen and oxygen atoms in total. The number of halogens is 2. The first kappa shape index (κ1) is 19.4. The predicted molar refractivity (Wildman–Crippen MR) is 113 cm³/mol. The summed E-state index contributed by atoms with van der Waals surface area (Å²) >= 11 is 3.57. The molecule has 1 aliphatic rings. The third-order valence-electron chi connectivity index (χ3n) is 5.24. The number of aryl methyl sites for hydroxylation is 1. The molecule has 4 rings (SSSR count). The van der Waals surface area contributed by atoms with E-state index in [2.05, 4.69) is 32.8 Å². The molecule has 1 fully saturated rings. The Hall–Kier alpha value is -1.90. The lowest BCUT2D eigenvalue weighted by atomic mass is 10.1. The molecule has 0 radical (unpaired) electrons. The largest absolute Gasteiger partial charge is 0.367 e. The molecule has 1 saturated heterocycles. The van der Waals surface area contributed by atoms with Crippen molar-refractivity contribution in [1.29, 1.82) is 0 Å². The minimum absolute atomic E-state index is 0.0660. The molecule has 8 heteroatoms. The average Bonchev–Trinajstić information content (AvgIpc) is 3.02. The lowest BCUT2D eigenvalue weighted by Gasteiger charge is -2.33. The molecular formula is C20H21BrFN3O2S. The van der Waals surface area contributed by atoms with E-state index < -0.39 is 15.8 Å². The van der Waals surface area contributed by atoms with Gasteiger partial charge >= 0.3 is 0 Å². The van der Waals surface area contributed by atoms with Crippen molar-refractivity contribution in [2.45, 2.75) is 11.8 Å². The molecule has 0 N–H and O–H groups in total. The third-order valence-corrected chi connectivity index (χ3v) is 7.79. The van der Waals surface area contributed by atoms with Crippen molar-refractivity contribution < 1.29 is 12.8 Å². The maximum atomic E-state index is 13.3. The normalized spacial score (nSPS) is 16.1. The van der Waals surface area contributed by atoms with Gasteiger partial charge in [0.05, 0.1) is 16.1 Å². The van der Waals surface area contributed by atoms with Crippen LogP contribution in [0.4, 0.5) is 10.1 Å². The summed E-state index contributed by atoms with van der Waals surface area (Å²) in [6, 6.07) is 8.80. The van der Waals surface area contributed by atoms with Crippen molar-refractivity contribution in [3.8, 4) is 0 Å². The molecule has 0 amide bonds. The molecule has 1 aliphatic heterocycles. The summed E-state index contributed by atoms with van der Waals surface area (Å²) in [5, 5.41) is 0.882. The van der Waals surface area contributed by atoms with E-state index in [0.717, 1.165) is 47.3 Å². The monoisotopic (exact) mass is 465 g/mol. The summed E-state index contributed by atoms with van der Waals surface area (Å²) in [5.74, 6) is -0.464. The van der Waals surface area contributed by atoms with Crippen molar-refractivity contribution in [3.05, 3.63) is 58.4 Å². The Balaban J connectivity index is 1.91. The summed E-state index contributed by atoms with van der Waals surface area (Å²) in [7, 11) is -1.76. The van der Waals surface area contributed by atoms with Gasteiger partial charge in [0.2, 0.25) is 0 Å². The van der Waals surface area contributed by atoms with Crippen molar-refractivity contribution in [3.63, 3.8) is 0 Å². The van der Waals surface area contributed by atoms with Crippen LogP contribution in [0.25, 0.3) is 10.9 Å². The van der Waals surface area contributed by atoms with Crippen LogP contribution in [0, 0.1) is 12.7 Å². The van der Waals surface area contributed by atoms with Gasteiger partial charge in [0.1, 0.15) is 5.82 Å². The van der Waals surface area contributed by atoms with Gasteiger partial charge in [-0.25, -0.2) is 16.8 Å². The minimum atomic E-state index is -3.84. The van der Waals surface area contributed by atoms with E-state index in [0.29, 0.717) is 5.52 Å². The first-order valence-corrected chi connectivity index (χ1v) is 11.3. The molecule has 0 atom stereocenters. The second kappa shape index (κ2) is 7.17. The molecule has 0 unspecified atom stereocenters. The third kappa shape index (κ3) is 3.33. The minimum Gasteiger partial charge on any atom is -0.367 e. The zero-order chi connectivity index (χ0) is 20.1. The highest BCUT2D eigenvalue weighted by Gasteiger charge is 2.25. The molecule has 0 saturated carbocycles. The Morgan fingerprint density at radius 3 is 2.32 bits per heavy atom. The SMILES string of the molecule is Cc1cc2c(cc1Br)c(N1CCN(C)CC1)cn2S(=O)(=O)c1ccc(F)cc1. The number of benzene rings is 2. The van der Waals surface area contributed by atoms with E-state index >= 15 is 0 Å². The molecule has 0 spiro atoms. The smallest absolute Gasteiger partial charge is 0.268 e. The van der Waals surface area contributed by atoms with Crippen molar-refractivity contribution >= 4 is 42.5 Å². The number of anilines is 1. The summed E-state index contributed by atoms with van der Waals surface area (Å²) in [5.41, 5.74) is 2.47. The number of piperazine rings is 1. The van der Waals surface area contributed by atoms with E-state index in [9.17, 15) is 12.8 Å². The van der Waals surface area contributed by atoms with Gasteiger partial charge in [-0.1, -0.05) is 15.9 Å². The van der Waals surface area contributed by atoms with E-state index in [-0.39, 0.29) is 4.90 Å². The van der Waals surface area contributed by atoms with Gasteiger partial charge < -0.3 is 9.80 Å². The summed E-state index contributed by atoms with van der Waals surface area (Å²) in [4.78, 5) is 4.54. The molecule has 28 heavy (non-hydrogen) atoms. The lowest BCUT2D eigenvalue weighted by Crippen LogP contribution is -2.44. The highest BCUT2D eigenvalue weighted by atomic mass is 79.9. The highest BCUT2D eigenvalue weighted by molar-refractivity contribution is 9.10. The fraction of sp³-hybridized carbons (Fsp3) is 0.300. The number of rotatable bonds is 3. The van der Waals surface area contributed by atoms with Gasteiger partial charge in [0.15, 0.2) is 0 Å². The topological polar surface area (TPSA) is 45.5 Å². The number of hydrogen-bond donors (Lipinski definition) is 0. The van der Waals surface area contributed by atoms with E-state index in [1.807, 2.05) is 19.1 Å². The molecular weight excluding hydrogens is 445 g/mol. The Bertz CT molecular complexity index is 1130. The van der Waals surface area contributed by atoms with Crippen LogP contribution in [0.1, 0.15) is 5.56 Å². The van der Waals surface area contributed by atoms with Gasteiger partial charge in [-0.2, -0.15) is 0 Å². The number of nitrogens with zero attached hydrogens (tertiary/aromatic N) is 3. The summed E-state index contributed by atoms with van der Waals surface area (Å²) in [6.45, 7) is 5.44. The van der Waals surface area contributed by atoms with Crippen molar-refractivity contribution in [2.75, 3.05) is 38.1 Å². The van der Waals surface area contributed by atoms with Crippen molar-refractivity contribution in [2.24, 2.45) is 0 Å². The zero-order valence-corrected chi connectivity index (χ0v) is 18.1. The van der Waals surface area contributed by atoms with E-state index in [1.165, 1.54) is 28.2 Å². The van der Waals surface area contributed by atoms with Gasteiger partial charge in [-0.05, 0) is 55.9 Å². The maximum Gasteiger partial charge on any atom is 0.268 e. The Morgan fingerprint density at radius 1 is 1.04 bits per heavy atom. The molecule has 0 bridgehead atoms. The van der Waals surface area contributed by atoms with Crippen LogP contribution < -0.4 is 4.90 Å². The van der Waals surface area contributed by atoms with Crippen LogP contribution in [0.15, 0.2) is 52.0 Å². The molecule has 2 heterocycles. The second-order valence-electron chi connectivity index (χ2n) is 7.18. The lowest BCUT2D eigenvalue weighted by molar-refractivity contribution is 0.313. The first-order valence-electron chi connectivity index (χ1n) is 9.03. The summed E-state index contributed by atoms with van der Waals surface area (Å²) in [6.07, 6.45) is 1.69. The standard InChI is InChI=1S/C20H21BrFN3O2S/c1-14-11-19-17(12-18(14)21)20(24-9-7-23(2)8-10-24)13-25(19)28(26,27)16-5-3-15(22)4-6-16/h3-6,11-13H,7-10H2,1-2H3. The Morgan fingerprint density at radius 2 is 1.68 bits per heavy atom. The predicted octanol–water partition coefficient (Wildman–Crippen LogP) is 3.84. The number of likely N-dealkylation sites (N-methyl/N-ethyl adjacent to an activating group) is 1.